The zero-order valence-corrected chi connectivity index (χ0v) is 9.45. The molecule has 0 unspecified atom stereocenters. The summed E-state index contributed by atoms with van der Waals surface area (Å²) in [6.45, 7) is 0. The van der Waals surface area contributed by atoms with Gasteiger partial charge in [-0.25, -0.2) is 0 Å². The van der Waals surface area contributed by atoms with E-state index in [1.807, 2.05) is 18.2 Å². The van der Waals surface area contributed by atoms with Crippen molar-refractivity contribution in [1.82, 2.24) is 0 Å². The van der Waals surface area contributed by atoms with Crippen molar-refractivity contribution >= 4 is 34.4 Å². The van der Waals surface area contributed by atoms with Crippen LogP contribution in [0.1, 0.15) is 5.56 Å². The number of benzene rings is 1. The van der Waals surface area contributed by atoms with Crippen LogP contribution in [0.15, 0.2) is 28.3 Å². The fourth-order valence-corrected chi connectivity index (χ4v) is 1.37. The Hall–Kier alpha value is -0.510. The molecule has 64 valence electrons. The van der Waals surface area contributed by atoms with Crippen molar-refractivity contribution in [3.8, 4) is 0 Å². The average Bonchev–Trinajstić information content (AvgIpc) is 2.06. The standard InChI is InChI=1S/C10H12IN/c1-12(2)10-5-3-9(4-6-10)7-8-11/h3-8H,1-2H3. The fraction of sp³-hybridized carbons (Fsp3) is 0.200. The molecule has 0 aromatic heterocycles. The summed E-state index contributed by atoms with van der Waals surface area (Å²) in [4.78, 5) is 2.09. The molecule has 0 saturated heterocycles. The summed E-state index contributed by atoms with van der Waals surface area (Å²) in [6, 6.07) is 8.47. The van der Waals surface area contributed by atoms with E-state index in [0.29, 0.717) is 0 Å². The monoisotopic (exact) mass is 273 g/mol. The van der Waals surface area contributed by atoms with Crippen LogP contribution in [0.4, 0.5) is 5.69 Å². The van der Waals surface area contributed by atoms with Crippen molar-refractivity contribution < 1.29 is 0 Å². The lowest BCUT2D eigenvalue weighted by Gasteiger charge is -2.11. The van der Waals surface area contributed by atoms with E-state index >= 15 is 0 Å². The molecule has 0 bridgehead atoms. The summed E-state index contributed by atoms with van der Waals surface area (Å²) in [5.41, 5.74) is 2.48. The Morgan fingerprint density at radius 1 is 1.17 bits per heavy atom. The van der Waals surface area contributed by atoms with Gasteiger partial charge in [0.1, 0.15) is 0 Å². The Kier molecular flexibility index (Phi) is 3.59. The smallest absolute Gasteiger partial charge is 0.0361 e. The lowest BCUT2D eigenvalue weighted by atomic mass is 10.2. The van der Waals surface area contributed by atoms with Crippen molar-refractivity contribution in [2.24, 2.45) is 0 Å². The Balaban J connectivity index is 2.85. The molecule has 0 fully saturated rings. The van der Waals surface area contributed by atoms with Gasteiger partial charge in [-0.05, 0) is 27.9 Å². The first-order valence-corrected chi connectivity index (χ1v) is 5.03. The highest BCUT2D eigenvalue weighted by Crippen LogP contribution is 2.13. The van der Waals surface area contributed by atoms with Gasteiger partial charge in [0.15, 0.2) is 0 Å². The highest BCUT2D eigenvalue weighted by Gasteiger charge is 1.92. The fourth-order valence-electron chi connectivity index (χ4n) is 0.956. The predicted molar refractivity (Wildman–Crippen MR) is 63.8 cm³/mol. The topological polar surface area (TPSA) is 3.24 Å². The van der Waals surface area contributed by atoms with Gasteiger partial charge in [0, 0.05) is 19.8 Å². The Morgan fingerprint density at radius 2 is 1.75 bits per heavy atom. The van der Waals surface area contributed by atoms with Gasteiger partial charge in [0.05, 0.1) is 0 Å². The number of nitrogens with zero attached hydrogens (tertiary/aromatic N) is 1. The molecule has 0 heterocycles. The van der Waals surface area contributed by atoms with Gasteiger partial charge >= 0.3 is 0 Å². The Bertz CT molecular complexity index is 262. The SMILES string of the molecule is CN(C)c1ccc(C=CI)cc1. The highest BCUT2D eigenvalue weighted by molar-refractivity contribution is 14.1. The molecular formula is C10H12IN. The minimum atomic E-state index is 1.24. The summed E-state index contributed by atoms with van der Waals surface area (Å²) in [5, 5.41) is 0. The second kappa shape index (κ2) is 4.50. The Morgan fingerprint density at radius 3 is 2.17 bits per heavy atom. The molecular weight excluding hydrogens is 261 g/mol. The molecule has 0 N–H and O–H groups in total. The van der Waals surface area contributed by atoms with Crippen LogP contribution in [-0.4, -0.2) is 14.1 Å². The molecule has 0 aliphatic carbocycles. The predicted octanol–water partition coefficient (Wildman–Crippen LogP) is 3.16. The Labute approximate surface area is 87.2 Å². The van der Waals surface area contributed by atoms with E-state index in [1.54, 1.807) is 0 Å². The van der Waals surface area contributed by atoms with Crippen LogP contribution in [0, 0.1) is 0 Å². The van der Waals surface area contributed by atoms with Crippen LogP contribution in [-0.2, 0) is 0 Å². The van der Waals surface area contributed by atoms with Gasteiger partial charge in [0.25, 0.3) is 0 Å². The van der Waals surface area contributed by atoms with Crippen LogP contribution in [0.3, 0.4) is 0 Å². The summed E-state index contributed by atoms with van der Waals surface area (Å²) in [7, 11) is 4.09. The van der Waals surface area contributed by atoms with Crippen LogP contribution >= 0.6 is 22.6 Å². The lowest BCUT2D eigenvalue weighted by molar-refractivity contribution is 1.13. The van der Waals surface area contributed by atoms with Gasteiger partial charge in [-0.3, -0.25) is 0 Å². The molecule has 0 spiro atoms. The molecule has 0 aliphatic heterocycles. The van der Waals surface area contributed by atoms with Gasteiger partial charge in [-0.2, -0.15) is 0 Å². The average molecular weight is 273 g/mol. The first kappa shape index (κ1) is 9.58. The largest absolute Gasteiger partial charge is 0.378 e. The first-order chi connectivity index (χ1) is 5.74. The van der Waals surface area contributed by atoms with Crippen molar-refractivity contribution in [1.29, 1.82) is 0 Å². The van der Waals surface area contributed by atoms with Crippen molar-refractivity contribution in [2.75, 3.05) is 19.0 Å². The van der Waals surface area contributed by atoms with E-state index in [-0.39, 0.29) is 0 Å². The number of hydrogen-bond acceptors (Lipinski definition) is 1. The third-order valence-corrected chi connectivity index (χ3v) is 2.02. The molecule has 0 aliphatic rings. The zero-order valence-electron chi connectivity index (χ0n) is 7.29. The quantitative estimate of drug-likeness (QED) is 0.748. The van der Waals surface area contributed by atoms with Crippen molar-refractivity contribution in [3.63, 3.8) is 0 Å². The minimum Gasteiger partial charge on any atom is -0.378 e. The molecule has 2 heteroatoms. The van der Waals surface area contributed by atoms with E-state index in [1.165, 1.54) is 11.3 Å². The second-order valence-corrected chi connectivity index (χ2v) is 3.50. The molecule has 0 atom stereocenters. The molecule has 1 rings (SSSR count). The third-order valence-electron chi connectivity index (χ3n) is 1.66. The van der Waals surface area contributed by atoms with Gasteiger partial charge in [-0.15, -0.1) is 0 Å². The molecule has 0 amide bonds. The summed E-state index contributed by atoms with van der Waals surface area (Å²) in [6.07, 6.45) is 2.08. The van der Waals surface area contributed by atoms with E-state index < -0.39 is 0 Å². The van der Waals surface area contributed by atoms with Crippen LogP contribution in [0.25, 0.3) is 6.08 Å². The molecule has 1 aromatic carbocycles. The second-order valence-electron chi connectivity index (χ2n) is 2.78. The van der Waals surface area contributed by atoms with Gasteiger partial charge in [0.2, 0.25) is 0 Å². The van der Waals surface area contributed by atoms with E-state index in [9.17, 15) is 0 Å². The number of hydrogen-bond donors (Lipinski definition) is 0. The lowest BCUT2D eigenvalue weighted by Crippen LogP contribution is -2.07. The van der Waals surface area contributed by atoms with Crippen LogP contribution in [0.2, 0.25) is 0 Å². The van der Waals surface area contributed by atoms with E-state index in [2.05, 4.69) is 57.8 Å². The molecule has 0 saturated carbocycles. The number of rotatable bonds is 2. The van der Waals surface area contributed by atoms with Crippen LogP contribution in [0.5, 0.6) is 0 Å². The van der Waals surface area contributed by atoms with E-state index in [4.69, 9.17) is 0 Å². The summed E-state index contributed by atoms with van der Waals surface area (Å²) >= 11 is 2.22. The highest BCUT2D eigenvalue weighted by atomic mass is 127. The first-order valence-electron chi connectivity index (χ1n) is 3.78. The minimum absolute atomic E-state index is 1.24. The number of anilines is 1. The van der Waals surface area contributed by atoms with E-state index in [0.717, 1.165) is 0 Å². The van der Waals surface area contributed by atoms with Crippen molar-refractivity contribution in [3.05, 3.63) is 33.9 Å². The normalized spacial score (nSPS) is 10.6. The van der Waals surface area contributed by atoms with Gasteiger partial charge < -0.3 is 4.90 Å². The maximum Gasteiger partial charge on any atom is 0.0361 e. The third kappa shape index (κ3) is 2.52. The molecule has 1 nitrogen and oxygen atoms in total. The summed E-state index contributed by atoms with van der Waals surface area (Å²) in [5.74, 6) is 0. The number of halogens is 1. The summed E-state index contributed by atoms with van der Waals surface area (Å²) < 4.78 is 2.02. The zero-order chi connectivity index (χ0) is 8.97. The van der Waals surface area contributed by atoms with Gasteiger partial charge in [-0.1, -0.05) is 34.7 Å². The van der Waals surface area contributed by atoms with Crippen LogP contribution < -0.4 is 4.90 Å². The maximum absolute atomic E-state index is 2.22. The molecule has 12 heavy (non-hydrogen) atoms. The molecule has 1 aromatic rings. The molecule has 0 radical (unpaired) electrons. The van der Waals surface area contributed by atoms with Crippen molar-refractivity contribution in [2.45, 2.75) is 0 Å². The maximum atomic E-state index is 2.22.